The Hall–Kier alpha value is -3.27. The fourth-order valence-electron chi connectivity index (χ4n) is 5.10. The van der Waals surface area contributed by atoms with E-state index < -0.39 is 18.0 Å². The molecule has 2 aromatic rings. The van der Waals surface area contributed by atoms with Gasteiger partial charge in [-0.15, -0.1) is 0 Å². The van der Waals surface area contributed by atoms with E-state index in [1.807, 2.05) is 26.8 Å². The second-order valence-electron chi connectivity index (χ2n) is 10.8. The Bertz CT molecular complexity index is 1140. The zero-order chi connectivity index (χ0) is 28.1. The van der Waals surface area contributed by atoms with Gasteiger partial charge >= 0.3 is 6.09 Å². The first-order valence-electron chi connectivity index (χ1n) is 13.7. The summed E-state index contributed by atoms with van der Waals surface area (Å²) in [6, 6.07) is 7.45. The molecule has 10 heteroatoms. The molecule has 2 aliphatic rings. The van der Waals surface area contributed by atoms with E-state index in [1.165, 1.54) is 11.0 Å². The molecule has 2 amide bonds. The lowest BCUT2D eigenvalue weighted by Crippen LogP contribution is -2.44. The number of likely N-dealkylation sites (tertiary alicyclic amines) is 2. The van der Waals surface area contributed by atoms with Crippen LogP contribution in [0, 0.1) is 11.7 Å². The van der Waals surface area contributed by atoms with Gasteiger partial charge in [-0.1, -0.05) is 12.1 Å². The first kappa shape index (κ1) is 28.7. The summed E-state index contributed by atoms with van der Waals surface area (Å²) in [5, 5.41) is 0. The number of rotatable bonds is 8. The molecule has 1 aromatic heterocycles. The van der Waals surface area contributed by atoms with Crippen molar-refractivity contribution in [1.29, 1.82) is 0 Å². The van der Waals surface area contributed by atoms with Gasteiger partial charge in [-0.05, 0) is 75.6 Å². The van der Waals surface area contributed by atoms with Crippen LogP contribution in [0.1, 0.15) is 45.6 Å². The van der Waals surface area contributed by atoms with Crippen LogP contribution in [-0.4, -0.2) is 77.4 Å². The predicted molar refractivity (Wildman–Crippen MR) is 143 cm³/mol. The molecule has 2 unspecified atom stereocenters. The van der Waals surface area contributed by atoms with Crippen LogP contribution in [0.5, 0.6) is 5.88 Å². The van der Waals surface area contributed by atoms with Crippen molar-refractivity contribution in [3.8, 4) is 17.0 Å². The van der Waals surface area contributed by atoms with Gasteiger partial charge in [0, 0.05) is 37.5 Å². The molecular formula is C29H38F2N4O4. The minimum Gasteiger partial charge on any atom is -0.474 e. The Labute approximate surface area is 228 Å². The number of halogens is 2. The van der Waals surface area contributed by atoms with Crippen molar-refractivity contribution in [2.75, 3.05) is 26.2 Å². The third kappa shape index (κ3) is 7.44. The molecule has 0 aliphatic carbocycles. The summed E-state index contributed by atoms with van der Waals surface area (Å²) >= 11 is 0. The molecule has 2 N–H and O–H groups in total. The zero-order valence-corrected chi connectivity index (χ0v) is 22.8. The molecular weight excluding hydrogens is 506 g/mol. The second-order valence-corrected chi connectivity index (χ2v) is 10.8. The van der Waals surface area contributed by atoms with E-state index in [0.29, 0.717) is 49.0 Å². The van der Waals surface area contributed by atoms with Crippen LogP contribution in [0.25, 0.3) is 11.1 Å². The fraction of sp³-hybridized carbons (Fsp3) is 0.552. The summed E-state index contributed by atoms with van der Waals surface area (Å²) in [7, 11) is 0. The normalized spacial score (nSPS) is 19.7. The number of benzene rings is 1. The van der Waals surface area contributed by atoms with Gasteiger partial charge in [0.05, 0.1) is 18.7 Å². The molecule has 212 valence electrons. The number of hydrogen-bond donors (Lipinski definition) is 1. The van der Waals surface area contributed by atoms with Crippen LogP contribution in [0.15, 0.2) is 36.5 Å². The van der Waals surface area contributed by atoms with Gasteiger partial charge < -0.3 is 25.0 Å². The van der Waals surface area contributed by atoms with Crippen LogP contribution in [0.2, 0.25) is 0 Å². The van der Waals surface area contributed by atoms with Gasteiger partial charge in [-0.2, -0.15) is 0 Å². The second kappa shape index (κ2) is 12.7. The zero-order valence-electron chi connectivity index (χ0n) is 22.8. The van der Waals surface area contributed by atoms with Crippen LogP contribution < -0.4 is 10.5 Å². The largest absolute Gasteiger partial charge is 0.474 e. The van der Waals surface area contributed by atoms with Crippen LogP contribution in [0.4, 0.5) is 13.6 Å². The number of piperidine rings is 1. The van der Waals surface area contributed by atoms with Gasteiger partial charge in [-0.25, -0.2) is 18.6 Å². The fourth-order valence-corrected chi connectivity index (χ4v) is 5.10. The van der Waals surface area contributed by atoms with Gasteiger partial charge in [0.15, 0.2) is 0 Å². The highest BCUT2D eigenvalue weighted by Gasteiger charge is 2.30. The Morgan fingerprint density at radius 2 is 1.74 bits per heavy atom. The van der Waals surface area contributed by atoms with E-state index >= 15 is 0 Å². The summed E-state index contributed by atoms with van der Waals surface area (Å²) in [5.74, 6) is -0.0461. The van der Waals surface area contributed by atoms with Crippen molar-refractivity contribution in [3.63, 3.8) is 0 Å². The van der Waals surface area contributed by atoms with Crippen molar-refractivity contribution < 1.29 is 27.8 Å². The summed E-state index contributed by atoms with van der Waals surface area (Å²) in [6.45, 7) is 7.34. The lowest BCUT2D eigenvalue weighted by Gasteiger charge is -2.34. The van der Waals surface area contributed by atoms with E-state index in [4.69, 9.17) is 15.2 Å². The third-order valence-corrected chi connectivity index (χ3v) is 7.43. The quantitative estimate of drug-likeness (QED) is 0.531. The molecule has 0 saturated carbocycles. The van der Waals surface area contributed by atoms with E-state index in [9.17, 15) is 18.4 Å². The molecule has 0 radical (unpaired) electrons. The third-order valence-electron chi connectivity index (χ3n) is 7.43. The van der Waals surface area contributed by atoms with E-state index in [0.717, 1.165) is 18.4 Å². The molecule has 0 spiro atoms. The Balaban J connectivity index is 1.29. The lowest BCUT2D eigenvalue weighted by molar-refractivity contribution is -0.131. The molecule has 3 heterocycles. The van der Waals surface area contributed by atoms with Crippen LogP contribution in [-0.2, 0) is 16.0 Å². The summed E-state index contributed by atoms with van der Waals surface area (Å²) < 4.78 is 39.6. The molecule has 1 aromatic carbocycles. The maximum absolute atomic E-state index is 14.9. The molecule has 3 atom stereocenters. The average Bonchev–Trinajstić information content (AvgIpc) is 3.35. The molecule has 4 rings (SSSR count). The number of carbonyl (C=O) groups excluding carboxylic acids is 2. The van der Waals surface area contributed by atoms with Crippen molar-refractivity contribution in [2.24, 2.45) is 11.7 Å². The van der Waals surface area contributed by atoms with Crippen molar-refractivity contribution >= 4 is 12.0 Å². The summed E-state index contributed by atoms with van der Waals surface area (Å²) in [4.78, 5) is 32.1. The first-order chi connectivity index (χ1) is 18.6. The minimum atomic E-state index is -1.02. The van der Waals surface area contributed by atoms with Crippen molar-refractivity contribution in [1.82, 2.24) is 14.8 Å². The Kier molecular flexibility index (Phi) is 9.37. The van der Waals surface area contributed by atoms with Gasteiger partial charge in [0.1, 0.15) is 18.1 Å². The number of nitrogens with two attached hydrogens (primary N) is 1. The monoisotopic (exact) mass is 544 g/mol. The van der Waals surface area contributed by atoms with Gasteiger partial charge in [0.25, 0.3) is 0 Å². The highest BCUT2D eigenvalue weighted by molar-refractivity contribution is 5.82. The minimum absolute atomic E-state index is 0.0408. The number of hydrogen-bond acceptors (Lipinski definition) is 6. The Morgan fingerprint density at radius 3 is 2.33 bits per heavy atom. The maximum Gasteiger partial charge on any atom is 0.410 e. The number of pyridine rings is 1. The van der Waals surface area contributed by atoms with E-state index in [2.05, 4.69) is 4.98 Å². The number of alkyl halides is 1. The smallest absolute Gasteiger partial charge is 0.410 e. The van der Waals surface area contributed by atoms with E-state index in [-0.39, 0.29) is 37.2 Å². The SMILES string of the molecule is CC(C)OC(=O)N1CCC(C(C)Oc2ccc(-c3ccc(CC(N)C(=O)N4CC[C@H](F)C4)c(F)c3)cn2)CC1. The highest BCUT2D eigenvalue weighted by Crippen LogP contribution is 2.27. The first-order valence-corrected chi connectivity index (χ1v) is 13.7. The van der Waals surface area contributed by atoms with E-state index in [1.54, 1.807) is 29.3 Å². The van der Waals surface area contributed by atoms with Gasteiger partial charge in [0.2, 0.25) is 11.8 Å². The average molecular weight is 545 g/mol. The van der Waals surface area contributed by atoms with Crippen LogP contribution >= 0.6 is 0 Å². The number of amides is 2. The molecule has 39 heavy (non-hydrogen) atoms. The maximum atomic E-state index is 14.9. The summed E-state index contributed by atoms with van der Waals surface area (Å²) in [5.41, 5.74) is 7.71. The lowest BCUT2D eigenvalue weighted by atomic mass is 9.92. The molecule has 8 nitrogen and oxygen atoms in total. The number of nitrogens with zero attached hydrogens (tertiary/aromatic N) is 3. The predicted octanol–water partition coefficient (Wildman–Crippen LogP) is 4.35. The molecule has 0 bridgehead atoms. The number of ether oxygens (including phenoxy) is 2. The van der Waals surface area contributed by atoms with Crippen molar-refractivity contribution in [3.05, 3.63) is 47.9 Å². The molecule has 2 fully saturated rings. The number of carbonyl (C=O) groups is 2. The number of aromatic nitrogens is 1. The highest BCUT2D eigenvalue weighted by atomic mass is 19.1. The molecule has 2 aliphatic heterocycles. The summed E-state index contributed by atoms with van der Waals surface area (Å²) in [6.07, 6.45) is 2.13. The topological polar surface area (TPSA) is 98.0 Å². The van der Waals surface area contributed by atoms with Crippen LogP contribution in [0.3, 0.4) is 0 Å². The molecule has 2 saturated heterocycles. The van der Waals surface area contributed by atoms with Gasteiger partial charge in [-0.3, -0.25) is 4.79 Å². The standard InChI is InChI=1S/C29H38F2N4O4/c1-18(2)38-29(37)34-11-8-20(9-12-34)19(3)39-27-7-6-23(16-33-27)21-4-5-22(25(31)14-21)15-26(32)28(36)35-13-10-24(30)17-35/h4-7,14,16,18-20,24,26H,8-13,15,17,32H2,1-3H3/t19?,24-,26?/m0/s1. The Morgan fingerprint density at radius 1 is 1.05 bits per heavy atom. The van der Waals surface area contributed by atoms with Crippen molar-refractivity contribution in [2.45, 2.75) is 70.9 Å².